The zero-order chi connectivity index (χ0) is 14.8. The maximum absolute atomic E-state index is 12.1. The first kappa shape index (κ1) is 15.3. The van der Waals surface area contributed by atoms with Crippen molar-refractivity contribution in [2.45, 2.75) is 17.9 Å². The predicted molar refractivity (Wildman–Crippen MR) is 69.0 cm³/mol. The van der Waals surface area contributed by atoms with E-state index >= 15 is 0 Å². The Balaban J connectivity index is 3.19. The van der Waals surface area contributed by atoms with Crippen molar-refractivity contribution >= 4 is 21.4 Å². The Morgan fingerprint density at radius 3 is 2.53 bits per heavy atom. The third kappa shape index (κ3) is 3.40. The molecule has 0 heterocycles. The van der Waals surface area contributed by atoms with Gasteiger partial charge in [-0.1, -0.05) is 0 Å². The number of sulfonamides is 1. The van der Waals surface area contributed by atoms with E-state index in [0.717, 1.165) is 22.5 Å². The summed E-state index contributed by atoms with van der Waals surface area (Å²) in [6.45, 7) is 1.35. The number of nitrogen functional groups attached to an aromatic ring is 1. The molecule has 0 aliphatic carbocycles. The molecule has 1 aromatic rings. The number of likely N-dealkylation sites (N-methyl/N-ethyl adjacent to an activating group) is 1. The number of aliphatic hydroxyl groups excluding tert-OH is 1. The first-order chi connectivity index (χ1) is 8.66. The summed E-state index contributed by atoms with van der Waals surface area (Å²) in [5.41, 5.74) is 5.06. The van der Waals surface area contributed by atoms with Crippen molar-refractivity contribution in [1.82, 2.24) is 4.31 Å². The zero-order valence-corrected chi connectivity index (χ0v) is 11.3. The van der Waals surface area contributed by atoms with Gasteiger partial charge in [0, 0.05) is 25.7 Å². The van der Waals surface area contributed by atoms with Gasteiger partial charge in [0.25, 0.3) is 5.69 Å². The van der Waals surface area contributed by atoms with Crippen LogP contribution in [-0.4, -0.2) is 42.4 Å². The normalized spacial score (nSPS) is 13.5. The first-order valence-corrected chi connectivity index (χ1v) is 6.78. The summed E-state index contributed by atoms with van der Waals surface area (Å²) in [5.74, 6) is 0. The largest absolute Gasteiger partial charge is 0.397 e. The van der Waals surface area contributed by atoms with Gasteiger partial charge < -0.3 is 10.8 Å². The van der Waals surface area contributed by atoms with Crippen LogP contribution in [0, 0.1) is 10.1 Å². The van der Waals surface area contributed by atoms with E-state index in [0.29, 0.717) is 0 Å². The van der Waals surface area contributed by atoms with Crippen molar-refractivity contribution in [3.05, 3.63) is 28.3 Å². The lowest BCUT2D eigenvalue weighted by Gasteiger charge is -2.19. The minimum absolute atomic E-state index is 0.0985. The van der Waals surface area contributed by atoms with Crippen LogP contribution in [0.4, 0.5) is 11.4 Å². The number of nitrogens with two attached hydrogens (primary N) is 1. The number of anilines is 1. The fraction of sp³-hybridized carbons (Fsp3) is 0.400. The molecule has 0 aromatic heterocycles. The number of hydrogen-bond acceptors (Lipinski definition) is 6. The van der Waals surface area contributed by atoms with Gasteiger partial charge in [-0.15, -0.1) is 0 Å². The van der Waals surface area contributed by atoms with Gasteiger partial charge in [0.1, 0.15) is 4.90 Å². The minimum atomic E-state index is -3.88. The second-order valence-electron chi connectivity index (χ2n) is 4.11. The highest BCUT2D eigenvalue weighted by atomic mass is 32.2. The molecule has 1 unspecified atom stereocenters. The van der Waals surface area contributed by atoms with Crippen molar-refractivity contribution in [2.24, 2.45) is 0 Å². The van der Waals surface area contributed by atoms with Crippen molar-refractivity contribution in [1.29, 1.82) is 0 Å². The van der Waals surface area contributed by atoms with Crippen LogP contribution in [0.2, 0.25) is 0 Å². The van der Waals surface area contributed by atoms with Crippen molar-refractivity contribution in [3.63, 3.8) is 0 Å². The molecule has 0 fully saturated rings. The van der Waals surface area contributed by atoms with Crippen LogP contribution in [0.5, 0.6) is 0 Å². The highest BCUT2D eigenvalue weighted by molar-refractivity contribution is 7.89. The van der Waals surface area contributed by atoms with E-state index in [1.165, 1.54) is 14.0 Å². The van der Waals surface area contributed by atoms with Crippen LogP contribution in [0.15, 0.2) is 23.1 Å². The number of nitro benzene ring substituents is 1. The number of hydrogen-bond donors (Lipinski definition) is 2. The highest BCUT2D eigenvalue weighted by Crippen LogP contribution is 2.25. The molecule has 0 saturated heterocycles. The molecule has 1 atom stereocenters. The number of non-ortho nitro benzene ring substituents is 1. The lowest BCUT2D eigenvalue weighted by molar-refractivity contribution is -0.384. The molecular formula is C10H15N3O5S. The Bertz CT molecular complexity index is 585. The highest BCUT2D eigenvalue weighted by Gasteiger charge is 2.25. The average molecular weight is 289 g/mol. The van der Waals surface area contributed by atoms with Gasteiger partial charge in [-0.2, -0.15) is 4.31 Å². The van der Waals surface area contributed by atoms with E-state index in [1.807, 2.05) is 0 Å². The van der Waals surface area contributed by atoms with Crippen LogP contribution in [0.3, 0.4) is 0 Å². The van der Waals surface area contributed by atoms with Crippen molar-refractivity contribution in [3.8, 4) is 0 Å². The number of rotatable bonds is 5. The summed E-state index contributed by atoms with van der Waals surface area (Å²) in [7, 11) is -2.59. The monoisotopic (exact) mass is 289 g/mol. The molecule has 9 heteroatoms. The summed E-state index contributed by atoms with van der Waals surface area (Å²) >= 11 is 0. The molecule has 0 spiro atoms. The van der Waals surface area contributed by atoms with Crippen molar-refractivity contribution in [2.75, 3.05) is 19.3 Å². The molecule has 8 nitrogen and oxygen atoms in total. The SMILES string of the molecule is CC(O)CN(C)S(=O)(=O)c1ccc([N+](=O)[O-])cc1N. The molecule has 3 N–H and O–H groups in total. The number of benzene rings is 1. The standard InChI is InChI=1S/C10H15N3O5S/c1-7(14)6-12(2)19(17,18)10-4-3-8(13(15)16)5-9(10)11/h3-5,7,14H,6,11H2,1-2H3. The smallest absolute Gasteiger partial charge is 0.271 e. The molecule has 0 amide bonds. The van der Waals surface area contributed by atoms with Crippen LogP contribution in [-0.2, 0) is 10.0 Å². The summed E-state index contributed by atoms with van der Waals surface area (Å²) in [5, 5.41) is 19.7. The number of nitro groups is 1. The van der Waals surface area contributed by atoms with E-state index < -0.39 is 21.1 Å². The molecule has 19 heavy (non-hydrogen) atoms. The van der Waals surface area contributed by atoms with E-state index in [9.17, 15) is 23.6 Å². The van der Waals surface area contributed by atoms with E-state index in [4.69, 9.17) is 5.73 Å². The molecule has 0 radical (unpaired) electrons. The van der Waals surface area contributed by atoms with Gasteiger partial charge in [-0.05, 0) is 13.0 Å². The fourth-order valence-electron chi connectivity index (χ4n) is 1.52. The maximum Gasteiger partial charge on any atom is 0.271 e. The minimum Gasteiger partial charge on any atom is -0.397 e. The summed E-state index contributed by atoms with van der Waals surface area (Å²) < 4.78 is 25.2. The molecule has 0 aliphatic rings. The Labute approximate surface area is 110 Å². The lowest BCUT2D eigenvalue weighted by Crippen LogP contribution is -2.33. The Hall–Kier alpha value is -1.71. The zero-order valence-electron chi connectivity index (χ0n) is 10.5. The van der Waals surface area contributed by atoms with Gasteiger partial charge in [-0.25, -0.2) is 8.42 Å². The summed E-state index contributed by atoms with van der Waals surface area (Å²) in [4.78, 5) is 9.67. The first-order valence-electron chi connectivity index (χ1n) is 5.34. The Morgan fingerprint density at radius 1 is 1.53 bits per heavy atom. The fourth-order valence-corrected chi connectivity index (χ4v) is 2.87. The lowest BCUT2D eigenvalue weighted by atomic mass is 10.3. The molecule has 0 bridgehead atoms. The molecule has 0 aliphatic heterocycles. The molecule has 1 rings (SSSR count). The van der Waals surface area contributed by atoms with Crippen LogP contribution in [0.1, 0.15) is 6.92 Å². The third-order valence-corrected chi connectivity index (χ3v) is 4.31. The quantitative estimate of drug-likeness (QED) is 0.452. The van der Waals surface area contributed by atoms with Gasteiger partial charge in [-0.3, -0.25) is 10.1 Å². The van der Waals surface area contributed by atoms with Crippen molar-refractivity contribution < 1.29 is 18.4 Å². The molecular weight excluding hydrogens is 274 g/mol. The van der Waals surface area contributed by atoms with Gasteiger partial charge in [0.15, 0.2) is 0 Å². The third-order valence-electron chi connectivity index (χ3n) is 2.41. The Kier molecular flexibility index (Phi) is 4.45. The van der Waals surface area contributed by atoms with Gasteiger partial charge in [0.05, 0.1) is 16.7 Å². The molecule has 0 saturated carbocycles. The van der Waals surface area contributed by atoms with E-state index in [1.54, 1.807) is 0 Å². The van der Waals surface area contributed by atoms with Gasteiger partial charge in [0.2, 0.25) is 10.0 Å². The number of aliphatic hydroxyl groups is 1. The molecule has 106 valence electrons. The van der Waals surface area contributed by atoms with E-state index in [2.05, 4.69) is 0 Å². The predicted octanol–water partition coefficient (Wildman–Crippen LogP) is 0.178. The van der Waals surface area contributed by atoms with Crippen LogP contribution in [0.25, 0.3) is 0 Å². The second kappa shape index (κ2) is 5.51. The maximum atomic E-state index is 12.1. The van der Waals surface area contributed by atoms with Crippen LogP contribution < -0.4 is 5.73 Å². The van der Waals surface area contributed by atoms with Gasteiger partial charge >= 0.3 is 0 Å². The molecule has 1 aromatic carbocycles. The Morgan fingerprint density at radius 2 is 2.11 bits per heavy atom. The van der Waals surface area contributed by atoms with E-state index in [-0.39, 0.29) is 22.8 Å². The van der Waals surface area contributed by atoms with Crippen LogP contribution >= 0.6 is 0 Å². The summed E-state index contributed by atoms with van der Waals surface area (Å²) in [6.07, 6.45) is -0.834. The second-order valence-corrected chi connectivity index (χ2v) is 6.13. The summed E-state index contributed by atoms with van der Waals surface area (Å²) in [6, 6.07) is 3.14. The number of nitrogens with zero attached hydrogens (tertiary/aromatic N) is 2. The average Bonchev–Trinajstić information content (AvgIpc) is 2.27. The topological polar surface area (TPSA) is 127 Å².